The van der Waals surface area contributed by atoms with Gasteiger partial charge in [-0.1, -0.05) is 59.6 Å². The first-order valence-electron chi connectivity index (χ1n) is 15.8. The van der Waals surface area contributed by atoms with Gasteiger partial charge in [0.1, 0.15) is 27.1 Å². The van der Waals surface area contributed by atoms with Gasteiger partial charge in [0.15, 0.2) is 23.9 Å². The molecule has 0 saturated carbocycles. The molecular weight excluding hydrogens is 673 g/mol. The number of benzene rings is 2. The number of piperidine rings is 1. The summed E-state index contributed by atoms with van der Waals surface area (Å²) in [5.74, 6) is -0.104. The van der Waals surface area contributed by atoms with Crippen molar-refractivity contribution < 1.29 is 33.5 Å². The number of esters is 2. The molecule has 12 heteroatoms. The van der Waals surface area contributed by atoms with Crippen molar-refractivity contribution in [3.63, 3.8) is 0 Å². The van der Waals surface area contributed by atoms with Gasteiger partial charge in [-0.25, -0.2) is 9.78 Å². The van der Waals surface area contributed by atoms with Gasteiger partial charge < -0.3 is 29.2 Å². The van der Waals surface area contributed by atoms with Crippen LogP contribution in [0.2, 0.25) is 10.0 Å². The maximum atomic E-state index is 13.5. The summed E-state index contributed by atoms with van der Waals surface area (Å²) in [6.45, 7) is 2.69. The van der Waals surface area contributed by atoms with Crippen molar-refractivity contribution in [3.8, 4) is 11.5 Å². The highest BCUT2D eigenvalue weighted by Gasteiger charge is 2.28. The predicted molar refractivity (Wildman–Crippen MR) is 186 cm³/mol. The molecule has 9 nitrogen and oxygen atoms in total. The van der Waals surface area contributed by atoms with E-state index in [1.54, 1.807) is 44.8 Å². The quantitative estimate of drug-likeness (QED) is 0.147. The van der Waals surface area contributed by atoms with E-state index in [1.807, 2.05) is 42.5 Å². The minimum absolute atomic E-state index is 0.0686. The summed E-state index contributed by atoms with van der Waals surface area (Å²) < 4.78 is 22.9. The number of hydrogen-bond acceptors (Lipinski definition) is 9. The first-order valence-corrected chi connectivity index (χ1v) is 17.3. The van der Waals surface area contributed by atoms with E-state index in [-0.39, 0.29) is 18.5 Å². The Bertz CT molecular complexity index is 1660. The number of aromatic amines is 1. The Morgan fingerprint density at radius 2 is 1.67 bits per heavy atom. The molecule has 2 atom stereocenters. The maximum Gasteiger partial charge on any atom is 0.348 e. The second kappa shape index (κ2) is 17.1. The number of rotatable bonds is 14. The molecule has 2 N–H and O–H groups in total. The molecule has 254 valence electrons. The van der Waals surface area contributed by atoms with Gasteiger partial charge >= 0.3 is 11.9 Å². The van der Waals surface area contributed by atoms with Gasteiger partial charge in [0, 0.05) is 43.0 Å². The van der Waals surface area contributed by atoms with Gasteiger partial charge in [0.25, 0.3) is 0 Å². The average molecular weight is 714 g/mol. The smallest absolute Gasteiger partial charge is 0.348 e. The largest absolute Gasteiger partial charge is 0.493 e. The summed E-state index contributed by atoms with van der Waals surface area (Å²) in [5, 5.41) is 4.26. The SMILES string of the molecule is COc1ccc([C@H](Cc2c(Cl)c[nH+]cc2Cl)OC(=O)c2ccc(CNCC(C(=O)OC3CCN(C)CC3)c3ccccc3)s2)cc1OC. The topological polar surface area (TPSA) is 100 Å². The third-order valence-corrected chi connectivity index (χ3v) is 10.1. The highest BCUT2D eigenvalue weighted by atomic mass is 35.5. The first kappa shape index (κ1) is 35.6. The zero-order valence-electron chi connectivity index (χ0n) is 27.2. The van der Waals surface area contributed by atoms with Gasteiger partial charge in [0.05, 0.1) is 20.1 Å². The Kier molecular flexibility index (Phi) is 12.7. The minimum atomic E-state index is -0.722. The lowest BCUT2D eigenvalue weighted by Crippen LogP contribution is -2.37. The Hall–Kier alpha value is -3.67. The van der Waals surface area contributed by atoms with Crippen LogP contribution in [0.15, 0.2) is 73.1 Å². The van der Waals surface area contributed by atoms with Crippen LogP contribution in [-0.2, 0) is 27.2 Å². The molecule has 1 aliphatic heterocycles. The maximum absolute atomic E-state index is 13.5. The molecule has 0 amide bonds. The van der Waals surface area contributed by atoms with Crippen LogP contribution in [0.4, 0.5) is 0 Å². The van der Waals surface area contributed by atoms with E-state index in [0.717, 1.165) is 36.4 Å². The third-order valence-electron chi connectivity index (χ3n) is 8.36. The predicted octanol–water partition coefficient (Wildman–Crippen LogP) is 6.54. The van der Waals surface area contributed by atoms with Gasteiger partial charge in [-0.05, 0) is 55.3 Å². The van der Waals surface area contributed by atoms with E-state index < -0.39 is 18.0 Å². The van der Waals surface area contributed by atoms with Crippen LogP contribution >= 0.6 is 34.5 Å². The molecule has 5 rings (SSSR count). The third kappa shape index (κ3) is 9.27. The van der Waals surface area contributed by atoms with Crippen LogP contribution in [0.5, 0.6) is 11.5 Å². The second-order valence-corrected chi connectivity index (χ2v) is 13.6. The van der Waals surface area contributed by atoms with E-state index in [0.29, 0.717) is 50.6 Å². The number of nitrogens with one attached hydrogen (secondary N) is 2. The number of ether oxygens (including phenoxy) is 4. The van der Waals surface area contributed by atoms with E-state index >= 15 is 0 Å². The number of carbonyl (C=O) groups is 2. The van der Waals surface area contributed by atoms with Crippen molar-refractivity contribution in [2.45, 2.75) is 43.9 Å². The monoisotopic (exact) mass is 712 g/mol. The van der Waals surface area contributed by atoms with E-state index in [2.05, 4.69) is 22.2 Å². The number of thiophene rings is 1. The number of likely N-dealkylation sites (tertiary alicyclic amines) is 1. The van der Waals surface area contributed by atoms with Crippen LogP contribution in [-0.4, -0.2) is 63.8 Å². The van der Waals surface area contributed by atoms with Crippen molar-refractivity contribution in [2.24, 2.45) is 0 Å². The van der Waals surface area contributed by atoms with Crippen LogP contribution < -0.4 is 19.8 Å². The summed E-state index contributed by atoms with van der Waals surface area (Å²) in [4.78, 5) is 33.4. The van der Waals surface area contributed by atoms with Crippen molar-refractivity contribution in [1.29, 1.82) is 0 Å². The molecule has 0 bridgehead atoms. The lowest BCUT2D eigenvalue weighted by Gasteiger charge is -2.30. The normalized spacial score (nSPS) is 15.0. The lowest BCUT2D eigenvalue weighted by atomic mass is 9.98. The fraction of sp³-hybridized carbons (Fsp3) is 0.361. The standard InChI is InChI=1S/C36H39Cl2N3O6S/c1-41-15-13-25(14-16-41)46-35(42)28(23-7-5-4-6-8-23)20-39-19-26-10-12-34(48-26)36(43)47-32(18-27-29(37)21-40-22-30(27)38)24-9-11-31(44-2)33(17-24)45-3/h4-12,17,21-22,25,28,32,39H,13-16,18-20H2,1-3H3/p+1/t28?,32-/m0/s1. The second-order valence-electron chi connectivity index (χ2n) is 11.6. The van der Waals surface area contributed by atoms with Crippen molar-refractivity contribution in [3.05, 3.63) is 110 Å². The number of nitrogens with zero attached hydrogens (tertiary/aromatic N) is 1. The molecule has 48 heavy (non-hydrogen) atoms. The summed E-state index contributed by atoms with van der Waals surface area (Å²) in [6, 6.07) is 18.7. The molecule has 1 unspecified atom stereocenters. The van der Waals surface area contributed by atoms with E-state index in [4.69, 9.17) is 42.1 Å². The first-order chi connectivity index (χ1) is 23.2. The van der Waals surface area contributed by atoms with E-state index in [9.17, 15) is 9.59 Å². The van der Waals surface area contributed by atoms with Crippen LogP contribution in [0, 0.1) is 0 Å². The highest BCUT2D eigenvalue weighted by molar-refractivity contribution is 7.13. The molecule has 1 saturated heterocycles. The molecule has 1 aliphatic rings. The summed E-state index contributed by atoms with van der Waals surface area (Å²) in [5.41, 5.74) is 2.23. The average Bonchev–Trinajstić information content (AvgIpc) is 3.58. The van der Waals surface area contributed by atoms with Gasteiger partial charge in [0.2, 0.25) is 0 Å². The molecule has 0 radical (unpaired) electrons. The fourth-order valence-electron chi connectivity index (χ4n) is 5.62. The van der Waals surface area contributed by atoms with E-state index in [1.165, 1.54) is 11.3 Å². The molecule has 4 aromatic rings. The van der Waals surface area contributed by atoms with Crippen LogP contribution in [0.3, 0.4) is 0 Å². The summed E-state index contributed by atoms with van der Waals surface area (Å²) >= 11 is 14.3. The number of aromatic nitrogens is 1. The van der Waals surface area contributed by atoms with Crippen molar-refractivity contribution >= 4 is 46.5 Å². The number of hydrogen-bond donors (Lipinski definition) is 1. The molecule has 2 aromatic heterocycles. The summed E-state index contributed by atoms with van der Waals surface area (Å²) in [7, 11) is 5.18. The number of halogens is 2. The highest BCUT2D eigenvalue weighted by Crippen LogP contribution is 2.36. The zero-order valence-corrected chi connectivity index (χ0v) is 29.5. The van der Waals surface area contributed by atoms with Crippen LogP contribution in [0.1, 0.15) is 56.1 Å². The van der Waals surface area contributed by atoms with Gasteiger partial charge in [-0.2, -0.15) is 0 Å². The lowest BCUT2D eigenvalue weighted by molar-refractivity contribution is -0.377. The number of methoxy groups -OCH3 is 2. The molecular formula is C36H40Cl2N3O6S+. The minimum Gasteiger partial charge on any atom is -0.493 e. The number of H-pyrrole nitrogens is 1. The van der Waals surface area contributed by atoms with Crippen molar-refractivity contribution in [2.75, 3.05) is 40.9 Å². The zero-order chi connectivity index (χ0) is 34.0. The van der Waals surface area contributed by atoms with Crippen LogP contribution in [0.25, 0.3) is 0 Å². The summed E-state index contributed by atoms with van der Waals surface area (Å²) in [6.07, 6.45) is 4.38. The molecule has 0 aliphatic carbocycles. The van der Waals surface area contributed by atoms with Gasteiger partial charge in [-0.15, -0.1) is 11.3 Å². The molecule has 2 aromatic carbocycles. The Morgan fingerprint density at radius 1 is 0.958 bits per heavy atom. The number of pyridine rings is 1. The van der Waals surface area contributed by atoms with Gasteiger partial charge in [-0.3, -0.25) is 4.79 Å². The Balaban J connectivity index is 1.26. The molecule has 3 heterocycles. The fourth-order valence-corrected chi connectivity index (χ4v) is 7.01. The molecule has 0 spiro atoms. The number of carbonyl (C=O) groups excluding carboxylic acids is 2. The Morgan fingerprint density at radius 3 is 2.35 bits per heavy atom. The Labute approximate surface area is 295 Å². The molecule has 1 fully saturated rings. The van der Waals surface area contributed by atoms with Crippen molar-refractivity contribution in [1.82, 2.24) is 10.2 Å².